The van der Waals surface area contributed by atoms with E-state index in [4.69, 9.17) is 5.10 Å². The van der Waals surface area contributed by atoms with Crippen LogP contribution in [-0.4, -0.2) is 21.4 Å². The Kier molecular flexibility index (Phi) is 5.41. The maximum atomic E-state index is 12.0. The number of benzene rings is 2. The maximum Gasteiger partial charge on any atom is 0.269 e. The minimum Gasteiger partial charge on any atom is -0.294 e. The summed E-state index contributed by atoms with van der Waals surface area (Å²) in [7, 11) is 0. The number of non-ortho nitro benzene ring substituents is 1. The monoisotopic (exact) mass is 434 g/mol. The summed E-state index contributed by atoms with van der Waals surface area (Å²) in [4.78, 5) is 28.1. The Hall–Kier alpha value is -3.39. The molecule has 7 nitrogen and oxygen atoms in total. The van der Waals surface area contributed by atoms with Gasteiger partial charge in [-0.25, -0.2) is 9.99 Å². The van der Waals surface area contributed by atoms with Gasteiger partial charge in [0.25, 0.3) is 5.69 Å². The van der Waals surface area contributed by atoms with Crippen molar-refractivity contribution in [3.8, 4) is 0 Å². The van der Waals surface area contributed by atoms with Gasteiger partial charge in [0.2, 0.25) is 5.13 Å². The topological polar surface area (TPSA) is 88.7 Å². The highest BCUT2D eigenvalue weighted by molar-refractivity contribution is 7.17. The number of rotatable bonds is 5. The van der Waals surface area contributed by atoms with Crippen LogP contribution in [0.3, 0.4) is 0 Å². The summed E-state index contributed by atoms with van der Waals surface area (Å²) in [6.07, 6.45) is 0.583. The van der Waals surface area contributed by atoms with Crippen molar-refractivity contribution in [3.63, 3.8) is 0 Å². The van der Waals surface area contributed by atoms with Gasteiger partial charge in [0.15, 0.2) is 5.78 Å². The Labute approximate surface area is 184 Å². The number of thiazole rings is 1. The molecule has 2 heterocycles. The van der Waals surface area contributed by atoms with Gasteiger partial charge >= 0.3 is 0 Å². The lowest BCUT2D eigenvalue weighted by Gasteiger charge is -2.21. The normalized spacial score (nSPS) is 15.8. The van der Waals surface area contributed by atoms with Crippen molar-refractivity contribution < 1.29 is 9.72 Å². The minimum atomic E-state index is -0.392. The molecule has 0 saturated carbocycles. The predicted molar refractivity (Wildman–Crippen MR) is 122 cm³/mol. The van der Waals surface area contributed by atoms with Crippen LogP contribution in [0, 0.1) is 30.9 Å². The second-order valence-corrected chi connectivity index (χ2v) is 8.73. The molecular weight excluding hydrogens is 412 g/mol. The Morgan fingerprint density at radius 1 is 1.19 bits per heavy atom. The second kappa shape index (κ2) is 8.03. The molecule has 4 rings (SSSR count). The van der Waals surface area contributed by atoms with E-state index in [1.165, 1.54) is 24.3 Å². The molecule has 8 heteroatoms. The average Bonchev–Trinajstić information content (AvgIpc) is 3.34. The van der Waals surface area contributed by atoms with E-state index in [9.17, 15) is 14.9 Å². The average molecular weight is 435 g/mol. The van der Waals surface area contributed by atoms with Gasteiger partial charge in [-0.15, -0.1) is 0 Å². The molecule has 1 aliphatic rings. The van der Waals surface area contributed by atoms with Gasteiger partial charge in [0, 0.05) is 31.0 Å². The molecule has 1 aliphatic heterocycles. The standard InChI is InChI=1S/C23H22N4O3S/c1-13-8-9-14(2)19(10-13)20-12-21(17-6-5-7-18(11-17)27(29)30)26(25-20)23-24-15(3)22(31-23)16(4)28/h5-11,21H,12H2,1-4H3/t21-/m1/s1. The highest BCUT2D eigenvalue weighted by Crippen LogP contribution is 2.40. The molecule has 0 fully saturated rings. The van der Waals surface area contributed by atoms with Gasteiger partial charge < -0.3 is 0 Å². The lowest BCUT2D eigenvalue weighted by molar-refractivity contribution is -0.384. The molecule has 0 aliphatic carbocycles. The first kappa shape index (κ1) is 20.9. The zero-order chi connectivity index (χ0) is 22.3. The van der Waals surface area contributed by atoms with E-state index in [1.807, 2.05) is 26.8 Å². The van der Waals surface area contributed by atoms with Crippen LogP contribution in [0.15, 0.2) is 47.6 Å². The number of aryl methyl sites for hydroxylation is 3. The number of hydrogen-bond acceptors (Lipinski definition) is 7. The number of nitrogens with zero attached hydrogens (tertiary/aromatic N) is 4. The van der Waals surface area contributed by atoms with Crippen LogP contribution in [0.1, 0.15) is 57.0 Å². The smallest absolute Gasteiger partial charge is 0.269 e. The van der Waals surface area contributed by atoms with Gasteiger partial charge in [0.1, 0.15) is 0 Å². The van der Waals surface area contributed by atoms with Crippen LogP contribution in [-0.2, 0) is 0 Å². The van der Waals surface area contributed by atoms with Crippen molar-refractivity contribution in [2.24, 2.45) is 5.10 Å². The van der Waals surface area contributed by atoms with E-state index in [2.05, 4.69) is 23.2 Å². The number of carbonyl (C=O) groups is 1. The zero-order valence-electron chi connectivity index (χ0n) is 17.7. The number of hydrazone groups is 1. The Morgan fingerprint density at radius 3 is 2.65 bits per heavy atom. The van der Waals surface area contributed by atoms with Gasteiger partial charge in [0.05, 0.1) is 27.2 Å². The summed E-state index contributed by atoms with van der Waals surface area (Å²) in [5.41, 5.74) is 5.70. The molecule has 0 bridgehead atoms. The molecule has 31 heavy (non-hydrogen) atoms. The SMILES string of the molecule is CC(=O)c1sc(N2N=C(c3cc(C)ccc3C)C[C@@H]2c2cccc([N+](=O)[O-])c2)nc1C. The van der Waals surface area contributed by atoms with E-state index in [1.54, 1.807) is 17.1 Å². The number of anilines is 1. The zero-order valence-corrected chi connectivity index (χ0v) is 18.6. The Balaban J connectivity index is 1.83. The molecule has 0 amide bonds. The molecule has 0 saturated heterocycles. The van der Waals surface area contributed by atoms with Gasteiger partial charge in [-0.3, -0.25) is 14.9 Å². The predicted octanol–water partition coefficient (Wildman–Crippen LogP) is 5.53. The van der Waals surface area contributed by atoms with Crippen LogP contribution in [0.4, 0.5) is 10.8 Å². The molecule has 0 radical (unpaired) electrons. The second-order valence-electron chi connectivity index (χ2n) is 7.75. The third kappa shape index (κ3) is 3.98. The first-order valence-corrected chi connectivity index (χ1v) is 10.7. The minimum absolute atomic E-state index is 0.0360. The van der Waals surface area contributed by atoms with Crippen LogP contribution >= 0.6 is 11.3 Å². The first-order valence-electron chi connectivity index (χ1n) is 9.91. The summed E-state index contributed by atoms with van der Waals surface area (Å²) in [6, 6.07) is 12.6. The molecule has 0 N–H and O–H groups in total. The van der Waals surface area contributed by atoms with Crippen molar-refractivity contribution in [2.45, 2.75) is 40.2 Å². The molecule has 3 aromatic rings. The Bertz CT molecular complexity index is 1230. The lowest BCUT2D eigenvalue weighted by atomic mass is 9.95. The molecule has 1 atom stereocenters. The molecule has 0 unspecified atom stereocenters. The van der Waals surface area contributed by atoms with Gasteiger partial charge in [-0.05, 0) is 38.0 Å². The van der Waals surface area contributed by atoms with Crippen molar-refractivity contribution in [1.29, 1.82) is 0 Å². The summed E-state index contributed by atoms with van der Waals surface area (Å²) in [5.74, 6) is -0.0360. The van der Waals surface area contributed by atoms with Crippen LogP contribution in [0.2, 0.25) is 0 Å². The molecule has 0 spiro atoms. The summed E-state index contributed by atoms with van der Waals surface area (Å²) in [5, 5.41) is 18.6. The Morgan fingerprint density at radius 2 is 1.97 bits per heavy atom. The molecular formula is C23H22N4O3S. The fourth-order valence-electron chi connectivity index (χ4n) is 3.81. The van der Waals surface area contributed by atoms with Crippen molar-refractivity contribution in [3.05, 3.63) is 85.4 Å². The summed E-state index contributed by atoms with van der Waals surface area (Å²) < 4.78 is 0. The fourth-order valence-corrected chi connectivity index (χ4v) is 4.77. The van der Waals surface area contributed by atoms with Crippen molar-refractivity contribution in [2.75, 3.05) is 5.01 Å². The quantitative estimate of drug-likeness (QED) is 0.299. The molecule has 1 aromatic heterocycles. The van der Waals surface area contributed by atoms with Crippen molar-refractivity contribution >= 4 is 33.7 Å². The number of aromatic nitrogens is 1. The number of ketones is 1. The third-order valence-corrected chi connectivity index (χ3v) is 6.63. The molecule has 2 aromatic carbocycles. The highest BCUT2D eigenvalue weighted by Gasteiger charge is 2.33. The third-order valence-electron chi connectivity index (χ3n) is 5.38. The number of hydrogen-bond donors (Lipinski definition) is 0. The lowest BCUT2D eigenvalue weighted by Crippen LogP contribution is -2.18. The van der Waals surface area contributed by atoms with Crippen LogP contribution in [0.25, 0.3) is 0 Å². The van der Waals surface area contributed by atoms with E-state index in [-0.39, 0.29) is 17.5 Å². The summed E-state index contributed by atoms with van der Waals surface area (Å²) >= 11 is 1.30. The molecule has 158 valence electrons. The van der Waals surface area contributed by atoms with E-state index in [0.717, 1.165) is 28.0 Å². The number of nitro groups is 1. The number of Topliss-reactive ketones (excluding diaryl/α,β-unsaturated/α-hetero) is 1. The summed E-state index contributed by atoms with van der Waals surface area (Å²) in [6.45, 7) is 7.42. The largest absolute Gasteiger partial charge is 0.294 e. The van der Waals surface area contributed by atoms with Crippen LogP contribution < -0.4 is 5.01 Å². The van der Waals surface area contributed by atoms with Crippen LogP contribution in [0.5, 0.6) is 0 Å². The van der Waals surface area contributed by atoms with Gasteiger partial charge in [-0.1, -0.05) is 41.2 Å². The van der Waals surface area contributed by atoms with E-state index >= 15 is 0 Å². The number of nitro benzene ring substituents is 1. The van der Waals surface area contributed by atoms with E-state index < -0.39 is 4.92 Å². The van der Waals surface area contributed by atoms with E-state index in [0.29, 0.717) is 22.1 Å². The van der Waals surface area contributed by atoms with Crippen molar-refractivity contribution in [1.82, 2.24) is 4.98 Å². The fraction of sp³-hybridized carbons (Fsp3) is 0.261. The maximum absolute atomic E-state index is 12.0. The highest BCUT2D eigenvalue weighted by atomic mass is 32.1. The van der Waals surface area contributed by atoms with Gasteiger partial charge in [-0.2, -0.15) is 5.10 Å². The number of carbonyl (C=O) groups excluding carboxylic acids is 1. The first-order chi connectivity index (χ1) is 14.7.